The van der Waals surface area contributed by atoms with Crippen LogP contribution in [0.15, 0.2) is 12.3 Å². The fourth-order valence-corrected chi connectivity index (χ4v) is 2.08. The molecule has 76 valence electrons. The minimum absolute atomic E-state index is 0.834. The summed E-state index contributed by atoms with van der Waals surface area (Å²) >= 11 is 0. The van der Waals surface area contributed by atoms with Gasteiger partial charge in [-0.15, -0.1) is 0 Å². The molecule has 1 heterocycles. The summed E-state index contributed by atoms with van der Waals surface area (Å²) in [6, 6.07) is 0. The van der Waals surface area contributed by atoms with Crippen LogP contribution in [0, 0.1) is 5.92 Å². The molecule has 0 aliphatic carbocycles. The largest absolute Gasteiger partial charge is 0.375 e. The molecule has 0 aromatic carbocycles. The summed E-state index contributed by atoms with van der Waals surface area (Å²) in [4.78, 5) is 4.70. The Balaban J connectivity index is 2.37. The Labute approximate surface area is 82.2 Å². The maximum Gasteiger partial charge on any atom is 0.0215 e. The molecule has 0 aromatic rings. The molecule has 0 bridgehead atoms. The highest BCUT2D eigenvalue weighted by Gasteiger charge is 2.19. The molecule has 1 atom stereocenters. The molecule has 2 nitrogen and oxygen atoms in total. The number of rotatable bonds is 3. The van der Waals surface area contributed by atoms with Crippen LogP contribution in [0.5, 0.6) is 0 Å². The molecule has 0 spiro atoms. The van der Waals surface area contributed by atoms with E-state index in [0.717, 1.165) is 5.92 Å². The normalized spacial score (nSPS) is 23.7. The molecule has 0 saturated carbocycles. The lowest BCUT2D eigenvalue weighted by Crippen LogP contribution is -2.38. The summed E-state index contributed by atoms with van der Waals surface area (Å²) in [7, 11) is 4.30. The highest BCUT2D eigenvalue weighted by molar-refractivity contribution is 4.91. The summed E-state index contributed by atoms with van der Waals surface area (Å²) < 4.78 is 0. The highest BCUT2D eigenvalue weighted by Crippen LogP contribution is 2.19. The summed E-state index contributed by atoms with van der Waals surface area (Å²) in [6.45, 7) is 9.74. The molecule has 1 rings (SSSR count). The third-order valence-corrected chi connectivity index (χ3v) is 2.68. The minimum Gasteiger partial charge on any atom is -0.375 e. The first-order chi connectivity index (χ1) is 6.09. The first-order valence-electron chi connectivity index (χ1n) is 5.15. The zero-order valence-electron chi connectivity index (χ0n) is 9.21. The van der Waals surface area contributed by atoms with E-state index in [-0.39, 0.29) is 0 Å². The molecule has 1 fully saturated rings. The van der Waals surface area contributed by atoms with Crippen molar-refractivity contribution in [1.82, 2.24) is 9.80 Å². The lowest BCUT2D eigenvalue weighted by Gasteiger charge is -2.35. The van der Waals surface area contributed by atoms with Gasteiger partial charge in [-0.05, 0) is 39.8 Å². The van der Waals surface area contributed by atoms with Crippen molar-refractivity contribution in [2.75, 3.05) is 33.7 Å². The molecule has 0 aromatic heterocycles. The van der Waals surface area contributed by atoms with Crippen LogP contribution >= 0.6 is 0 Å². The number of piperidine rings is 1. The van der Waals surface area contributed by atoms with Crippen LogP contribution in [0.3, 0.4) is 0 Å². The van der Waals surface area contributed by atoms with Crippen LogP contribution in [0.2, 0.25) is 0 Å². The molecule has 0 N–H and O–H groups in total. The second kappa shape index (κ2) is 4.66. The Hall–Kier alpha value is -0.500. The topological polar surface area (TPSA) is 6.48 Å². The van der Waals surface area contributed by atoms with Gasteiger partial charge < -0.3 is 9.80 Å². The minimum atomic E-state index is 0.834. The maximum absolute atomic E-state index is 4.00. The number of allylic oxidation sites excluding steroid dienone is 1. The van der Waals surface area contributed by atoms with Crippen LogP contribution in [-0.4, -0.2) is 43.5 Å². The second-order valence-corrected chi connectivity index (χ2v) is 4.45. The van der Waals surface area contributed by atoms with Crippen molar-refractivity contribution in [2.45, 2.75) is 19.8 Å². The quantitative estimate of drug-likeness (QED) is 0.656. The smallest absolute Gasteiger partial charge is 0.0215 e. The Kier molecular flexibility index (Phi) is 3.79. The van der Waals surface area contributed by atoms with Gasteiger partial charge in [-0.1, -0.05) is 6.58 Å². The van der Waals surface area contributed by atoms with Gasteiger partial charge in [0.2, 0.25) is 0 Å². The van der Waals surface area contributed by atoms with Gasteiger partial charge in [0, 0.05) is 25.3 Å². The van der Waals surface area contributed by atoms with E-state index in [4.69, 9.17) is 0 Å². The molecule has 1 saturated heterocycles. The molecule has 2 heteroatoms. The van der Waals surface area contributed by atoms with Gasteiger partial charge >= 0.3 is 0 Å². The number of hydrogen-bond donors (Lipinski definition) is 0. The molecule has 1 unspecified atom stereocenters. The van der Waals surface area contributed by atoms with Crippen molar-refractivity contribution >= 4 is 0 Å². The second-order valence-electron chi connectivity index (χ2n) is 4.45. The lowest BCUT2D eigenvalue weighted by molar-refractivity contribution is 0.184. The summed E-state index contributed by atoms with van der Waals surface area (Å²) in [6.07, 6.45) is 2.70. The fourth-order valence-electron chi connectivity index (χ4n) is 2.08. The fraction of sp³-hybridized carbons (Fsp3) is 0.818. The van der Waals surface area contributed by atoms with Crippen LogP contribution < -0.4 is 0 Å². The zero-order valence-corrected chi connectivity index (χ0v) is 9.21. The lowest BCUT2D eigenvalue weighted by atomic mass is 9.97. The molecular weight excluding hydrogens is 160 g/mol. The summed E-state index contributed by atoms with van der Waals surface area (Å²) in [5.41, 5.74) is 1.23. The first kappa shape index (κ1) is 10.6. The van der Waals surface area contributed by atoms with Gasteiger partial charge in [0.1, 0.15) is 0 Å². The molecule has 0 radical (unpaired) electrons. The predicted molar refractivity (Wildman–Crippen MR) is 57.7 cm³/mol. The van der Waals surface area contributed by atoms with E-state index in [1.807, 2.05) is 0 Å². The van der Waals surface area contributed by atoms with Crippen molar-refractivity contribution in [1.29, 1.82) is 0 Å². The molecule has 0 amide bonds. The monoisotopic (exact) mass is 182 g/mol. The van der Waals surface area contributed by atoms with Crippen molar-refractivity contribution in [3.8, 4) is 0 Å². The highest BCUT2D eigenvalue weighted by atomic mass is 15.1. The number of nitrogens with zero attached hydrogens (tertiary/aromatic N) is 2. The molecule has 1 aliphatic rings. The Morgan fingerprint density at radius 3 is 2.77 bits per heavy atom. The Morgan fingerprint density at radius 1 is 1.54 bits per heavy atom. The van der Waals surface area contributed by atoms with Gasteiger partial charge in [-0.2, -0.15) is 0 Å². The number of likely N-dealkylation sites (tertiary alicyclic amines) is 1. The summed E-state index contributed by atoms with van der Waals surface area (Å²) in [5.74, 6) is 0.834. The van der Waals surface area contributed by atoms with Crippen LogP contribution in [0.25, 0.3) is 0 Å². The predicted octanol–water partition coefficient (Wildman–Crippen LogP) is 1.79. The van der Waals surface area contributed by atoms with Crippen LogP contribution in [0.4, 0.5) is 0 Å². The molecular formula is C11H22N2. The molecule has 13 heavy (non-hydrogen) atoms. The van der Waals surface area contributed by atoms with Crippen molar-refractivity contribution in [3.05, 3.63) is 12.3 Å². The van der Waals surface area contributed by atoms with Crippen molar-refractivity contribution in [2.24, 2.45) is 5.92 Å². The SMILES string of the molecule is C=C(C)N1CCCC(CN(C)C)C1. The standard InChI is InChI=1S/C11H22N2/c1-10(2)13-7-5-6-11(9-13)8-12(3)4/h11H,1,5-9H2,2-4H3. The van der Waals surface area contributed by atoms with E-state index in [0.29, 0.717) is 0 Å². The van der Waals surface area contributed by atoms with Gasteiger partial charge in [0.05, 0.1) is 0 Å². The number of hydrogen-bond acceptors (Lipinski definition) is 2. The van der Waals surface area contributed by atoms with E-state index in [1.165, 1.54) is 38.2 Å². The van der Waals surface area contributed by atoms with E-state index in [1.54, 1.807) is 0 Å². The summed E-state index contributed by atoms with van der Waals surface area (Å²) in [5, 5.41) is 0. The van der Waals surface area contributed by atoms with E-state index < -0.39 is 0 Å². The van der Waals surface area contributed by atoms with Crippen LogP contribution in [-0.2, 0) is 0 Å². The van der Waals surface area contributed by atoms with E-state index in [2.05, 4.69) is 37.4 Å². The first-order valence-corrected chi connectivity index (χ1v) is 5.15. The Morgan fingerprint density at radius 2 is 2.23 bits per heavy atom. The van der Waals surface area contributed by atoms with Gasteiger partial charge in [0.15, 0.2) is 0 Å². The van der Waals surface area contributed by atoms with E-state index >= 15 is 0 Å². The third kappa shape index (κ3) is 3.39. The molecule has 1 aliphatic heterocycles. The Bertz CT molecular complexity index is 175. The van der Waals surface area contributed by atoms with E-state index in [9.17, 15) is 0 Å². The average Bonchev–Trinajstić information content (AvgIpc) is 2.03. The van der Waals surface area contributed by atoms with Gasteiger partial charge in [0.25, 0.3) is 0 Å². The van der Waals surface area contributed by atoms with Crippen molar-refractivity contribution in [3.63, 3.8) is 0 Å². The average molecular weight is 182 g/mol. The van der Waals surface area contributed by atoms with Crippen molar-refractivity contribution < 1.29 is 0 Å². The van der Waals surface area contributed by atoms with Gasteiger partial charge in [-0.25, -0.2) is 0 Å². The van der Waals surface area contributed by atoms with Gasteiger partial charge in [-0.3, -0.25) is 0 Å². The third-order valence-electron chi connectivity index (χ3n) is 2.68. The zero-order chi connectivity index (χ0) is 9.84. The maximum atomic E-state index is 4.00. The van der Waals surface area contributed by atoms with Crippen LogP contribution in [0.1, 0.15) is 19.8 Å².